The van der Waals surface area contributed by atoms with Crippen LogP contribution in [0.1, 0.15) is 33.2 Å². The SMILES string of the molecule is Cc1cccc(C(C#N)C(=O)c2occc2C)c1. The molecule has 0 aliphatic carbocycles. The maximum absolute atomic E-state index is 12.3. The first kappa shape index (κ1) is 12.1. The number of rotatable bonds is 3. The molecule has 1 aromatic carbocycles. The van der Waals surface area contributed by atoms with Gasteiger partial charge in [-0.1, -0.05) is 29.8 Å². The summed E-state index contributed by atoms with van der Waals surface area (Å²) < 4.78 is 5.16. The van der Waals surface area contributed by atoms with Crippen LogP contribution in [-0.2, 0) is 0 Å². The average molecular weight is 239 g/mol. The van der Waals surface area contributed by atoms with E-state index in [9.17, 15) is 10.1 Å². The summed E-state index contributed by atoms with van der Waals surface area (Å²) in [6.45, 7) is 3.72. The lowest BCUT2D eigenvalue weighted by atomic mass is 9.93. The molecule has 0 bridgehead atoms. The third kappa shape index (κ3) is 2.18. The number of Topliss-reactive ketones (excluding diaryl/α,β-unsaturated/α-hetero) is 1. The Labute approximate surface area is 106 Å². The Morgan fingerprint density at radius 1 is 1.33 bits per heavy atom. The van der Waals surface area contributed by atoms with Crippen molar-refractivity contribution in [3.63, 3.8) is 0 Å². The molecule has 0 amide bonds. The Kier molecular flexibility index (Phi) is 3.29. The summed E-state index contributed by atoms with van der Waals surface area (Å²) in [4.78, 5) is 12.3. The van der Waals surface area contributed by atoms with Crippen LogP contribution in [0.25, 0.3) is 0 Å². The Balaban J connectivity index is 2.39. The highest BCUT2D eigenvalue weighted by molar-refractivity contribution is 6.01. The van der Waals surface area contributed by atoms with E-state index in [4.69, 9.17) is 4.42 Å². The van der Waals surface area contributed by atoms with Crippen LogP contribution in [-0.4, -0.2) is 5.78 Å². The van der Waals surface area contributed by atoms with Crippen molar-refractivity contribution >= 4 is 5.78 Å². The second-order valence-corrected chi connectivity index (χ2v) is 4.27. The van der Waals surface area contributed by atoms with Crippen LogP contribution in [0, 0.1) is 25.2 Å². The molecule has 3 heteroatoms. The van der Waals surface area contributed by atoms with Gasteiger partial charge in [0.25, 0.3) is 0 Å². The second-order valence-electron chi connectivity index (χ2n) is 4.27. The molecular weight excluding hydrogens is 226 g/mol. The number of furan rings is 1. The van der Waals surface area contributed by atoms with Gasteiger partial charge in [-0.05, 0) is 31.0 Å². The zero-order valence-electron chi connectivity index (χ0n) is 10.3. The average Bonchev–Trinajstić information content (AvgIpc) is 2.76. The maximum atomic E-state index is 12.3. The summed E-state index contributed by atoms with van der Waals surface area (Å²) in [5.74, 6) is -0.830. The second kappa shape index (κ2) is 4.89. The number of ketones is 1. The molecule has 0 aliphatic heterocycles. The molecule has 0 aliphatic rings. The molecule has 2 rings (SSSR count). The van der Waals surface area contributed by atoms with Crippen LogP contribution in [0.3, 0.4) is 0 Å². The van der Waals surface area contributed by atoms with Crippen molar-refractivity contribution < 1.29 is 9.21 Å². The van der Waals surface area contributed by atoms with Crippen LogP contribution in [0.2, 0.25) is 0 Å². The molecule has 90 valence electrons. The zero-order chi connectivity index (χ0) is 13.1. The number of hydrogen-bond donors (Lipinski definition) is 0. The molecule has 2 aromatic rings. The summed E-state index contributed by atoms with van der Waals surface area (Å²) >= 11 is 0. The first-order valence-electron chi connectivity index (χ1n) is 5.68. The van der Waals surface area contributed by atoms with Gasteiger partial charge >= 0.3 is 0 Å². The Bertz CT molecular complexity index is 619. The predicted molar refractivity (Wildman–Crippen MR) is 67.3 cm³/mol. The summed E-state index contributed by atoms with van der Waals surface area (Å²) in [5, 5.41) is 9.22. The van der Waals surface area contributed by atoms with Crippen molar-refractivity contribution in [2.75, 3.05) is 0 Å². The minimum atomic E-state index is -0.810. The highest BCUT2D eigenvalue weighted by Gasteiger charge is 2.25. The zero-order valence-corrected chi connectivity index (χ0v) is 10.3. The van der Waals surface area contributed by atoms with E-state index in [-0.39, 0.29) is 11.5 Å². The van der Waals surface area contributed by atoms with Gasteiger partial charge in [-0.3, -0.25) is 4.79 Å². The number of nitrogens with zero attached hydrogens (tertiary/aromatic N) is 1. The van der Waals surface area contributed by atoms with Gasteiger partial charge in [0.15, 0.2) is 5.76 Å². The van der Waals surface area contributed by atoms with Gasteiger partial charge in [-0.2, -0.15) is 5.26 Å². The van der Waals surface area contributed by atoms with Gasteiger partial charge in [-0.15, -0.1) is 0 Å². The van der Waals surface area contributed by atoms with Crippen LogP contribution in [0.15, 0.2) is 41.0 Å². The Hall–Kier alpha value is -2.34. The summed E-state index contributed by atoms with van der Waals surface area (Å²) in [7, 11) is 0. The van der Waals surface area contributed by atoms with Gasteiger partial charge in [-0.25, -0.2) is 0 Å². The van der Waals surface area contributed by atoms with Crippen molar-refractivity contribution in [2.24, 2.45) is 0 Å². The number of carbonyl (C=O) groups excluding carboxylic acids is 1. The van der Waals surface area contributed by atoms with Gasteiger partial charge in [0, 0.05) is 0 Å². The van der Waals surface area contributed by atoms with E-state index < -0.39 is 5.92 Å². The number of carbonyl (C=O) groups is 1. The molecule has 3 nitrogen and oxygen atoms in total. The number of aryl methyl sites for hydroxylation is 2. The van der Waals surface area contributed by atoms with Crippen LogP contribution in [0.5, 0.6) is 0 Å². The highest BCUT2D eigenvalue weighted by atomic mass is 16.3. The van der Waals surface area contributed by atoms with Crippen molar-refractivity contribution in [3.05, 3.63) is 59.0 Å². The van der Waals surface area contributed by atoms with Crippen LogP contribution >= 0.6 is 0 Å². The van der Waals surface area contributed by atoms with Crippen molar-refractivity contribution in [1.82, 2.24) is 0 Å². The lowest BCUT2D eigenvalue weighted by Gasteiger charge is -2.08. The molecule has 0 saturated heterocycles. The number of hydrogen-bond acceptors (Lipinski definition) is 3. The van der Waals surface area contributed by atoms with E-state index in [1.54, 1.807) is 19.1 Å². The van der Waals surface area contributed by atoms with Gasteiger partial charge in [0.2, 0.25) is 5.78 Å². The molecule has 0 fully saturated rings. The first-order valence-corrected chi connectivity index (χ1v) is 5.68. The first-order chi connectivity index (χ1) is 8.63. The highest BCUT2D eigenvalue weighted by Crippen LogP contribution is 2.23. The fourth-order valence-electron chi connectivity index (χ4n) is 1.89. The smallest absolute Gasteiger partial charge is 0.219 e. The topological polar surface area (TPSA) is 54.0 Å². The lowest BCUT2D eigenvalue weighted by Crippen LogP contribution is -2.11. The third-order valence-electron chi connectivity index (χ3n) is 2.85. The molecule has 1 heterocycles. The molecule has 0 saturated carbocycles. The van der Waals surface area contributed by atoms with E-state index in [2.05, 4.69) is 6.07 Å². The Morgan fingerprint density at radius 3 is 2.67 bits per heavy atom. The van der Waals surface area contributed by atoms with Crippen LogP contribution in [0.4, 0.5) is 0 Å². The third-order valence-corrected chi connectivity index (χ3v) is 2.85. The van der Waals surface area contributed by atoms with E-state index in [0.29, 0.717) is 5.56 Å². The molecule has 0 N–H and O–H groups in total. The van der Waals surface area contributed by atoms with E-state index in [1.165, 1.54) is 6.26 Å². The fraction of sp³-hybridized carbons (Fsp3) is 0.200. The molecule has 1 atom stereocenters. The quantitative estimate of drug-likeness (QED) is 0.771. The molecule has 18 heavy (non-hydrogen) atoms. The lowest BCUT2D eigenvalue weighted by molar-refractivity contribution is 0.0951. The maximum Gasteiger partial charge on any atom is 0.219 e. The van der Waals surface area contributed by atoms with E-state index in [1.807, 2.05) is 25.1 Å². The van der Waals surface area contributed by atoms with E-state index in [0.717, 1.165) is 11.1 Å². The molecular formula is C15H13NO2. The normalized spacial score (nSPS) is 11.8. The van der Waals surface area contributed by atoms with Crippen molar-refractivity contribution in [3.8, 4) is 6.07 Å². The van der Waals surface area contributed by atoms with Gasteiger partial charge in [0.1, 0.15) is 5.92 Å². The molecule has 0 spiro atoms. The van der Waals surface area contributed by atoms with Gasteiger partial charge < -0.3 is 4.42 Å². The summed E-state index contributed by atoms with van der Waals surface area (Å²) in [6.07, 6.45) is 1.47. The number of benzene rings is 1. The standard InChI is InChI=1S/C15H13NO2/c1-10-4-3-5-12(8-10)13(9-16)14(17)15-11(2)6-7-18-15/h3-8,13H,1-2H3. The Morgan fingerprint density at radius 2 is 2.11 bits per heavy atom. The largest absolute Gasteiger partial charge is 0.461 e. The molecule has 1 aromatic heterocycles. The summed E-state index contributed by atoms with van der Waals surface area (Å²) in [5.41, 5.74) is 2.49. The fourth-order valence-corrected chi connectivity index (χ4v) is 1.89. The molecule has 0 radical (unpaired) electrons. The minimum absolute atomic E-state index is 0.267. The van der Waals surface area contributed by atoms with Crippen LogP contribution < -0.4 is 0 Å². The van der Waals surface area contributed by atoms with Gasteiger partial charge in [0.05, 0.1) is 12.3 Å². The monoisotopic (exact) mass is 239 g/mol. The van der Waals surface area contributed by atoms with E-state index >= 15 is 0 Å². The van der Waals surface area contributed by atoms with Crippen molar-refractivity contribution in [1.29, 1.82) is 5.26 Å². The predicted octanol–water partition coefficient (Wildman–Crippen LogP) is 3.39. The minimum Gasteiger partial charge on any atom is -0.461 e. The number of nitriles is 1. The molecule has 1 unspecified atom stereocenters. The van der Waals surface area contributed by atoms with Crippen molar-refractivity contribution in [2.45, 2.75) is 19.8 Å². The summed E-state index contributed by atoms with van der Waals surface area (Å²) in [6, 6.07) is 11.2.